The van der Waals surface area contributed by atoms with Gasteiger partial charge in [-0.05, 0) is 37.1 Å². The maximum absolute atomic E-state index is 13.6. The number of carbonyl (C=O) groups is 1. The number of aryl methyl sites for hydroxylation is 2. The van der Waals surface area contributed by atoms with E-state index >= 15 is 0 Å². The molecule has 9 heteroatoms. The van der Waals surface area contributed by atoms with Gasteiger partial charge in [0.25, 0.3) is 5.91 Å². The molecule has 1 aliphatic heterocycles. The highest BCUT2D eigenvalue weighted by atomic mass is 19.2. The molecule has 3 aromatic rings. The number of ether oxygens (including phenoxy) is 1. The highest BCUT2D eigenvalue weighted by molar-refractivity contribution is 5.92. The first-order valence-corrected chi connectivity index (χ1v) is 9.49. The highest BCUT2D eigenvalue weighted by Gasteiger charge is 2.34. The number of halogens is 2. The molecular formula is C21H21F2N5O2. The number of nitrogens with zero attached hydrogens (tertiary/aromatic N) is 5. The number of hydrogen-bond donors (Lipinski definition) is 0. The quantitative estimate of drug-likeness (QED) is 0.643. The second-order valence-corrected chi connectivity index (χ2v) is 7.34. The monoisotopic (exact) mass is 413 g/mol. The third kappa shape index (κ3) is 3.68. The minimum atomic E-state index is -0.946. The van der Waals surface area contributed by atoms with Crippen LogP contribution in [-0.4, -0.2) is 50.1 Å². The van der Waals surface area contributed by atoms with Gasteiger partial charge >= 0.3 is 0 Å². The zero-order chi connectivity index (χ0) is 21.4. The Kier molecular flexibility index (Phi) is 5.29. The predicted molar refractivity (Wildman–Crippen MR) is 105 cm³/mol. The molecule has 0 saturated carbocycles. The number of hydrogen-bond acceptors (Lipinski definition) is 5. The summed E-state index contributed by atoms with van der Waals surface area (Å²) < 4.78 is 34.0. The molecule has 1 aliphatic rings. The molecule has 0 bridgehead atoms. The van der Waals surface area contributed by atoms with Crippen LogP contribution in [0.4, 0.5) is 8.78 Å². The van der Waals surface area contributed by atoms with Crippen LogP contribution in [0.25, 0.3) is 11.4 Å². The summed E-state index contributed by atoms with van der Waals surface area (Å²) in [6, 6.07) is 3.35. The van der Waals surface area contributed by atoms with Gasteiger partial charge in [0, 0.05) is 32.6 Å². The fourth-order valence-electron chi connectivity index (χ4n) is 3.62. The first-order chi connectivity index (χ1) is 14.4. The van der Waals surface area contributed by atoms with Gasteiger partial charge in [-0.1, -0.05) is 6.07 Å². The molecule has 0 spiro atoms. The Hall–Kier alpha value is -3.20. The summed E-state index contributed by atoms with van der Waals surface area (Å²) in [5.41, 5.74) is 2.61. The molecule has 3 heterocycles. The van der Waals surface area contributed by atoms with Crippen molar-refractivity contribution in [1.29, 1.82) is 0 Å². The van der Waals surface area contributed by atoms with E-state index in [0.717, 1.165) is 17.7 Å². The number of carbonyl (C=O) groups excluding carboxylic acids is 1. The summed E-state index contributed by atoms with van der Waals surface area (Å²) in [4.78, 5) is 28.0. The van der Waals surface area contributed by atoms with Gasteiger partial charge in [-0.15, -0.1) is 0 Å². The first-order valence-electron chi connectivity index (χ1n) is 9.49. The second kappa shape index (κ2) is 7.91. The van der Waals surface area contributed by atoms with Gasteiger partial charge in [0.2, 0.25) is 0 Å². The number of amides is 1. The van der Waals surface area contributed by atoms with Crippen LogP contribution in [0.3, 0.4) is 0 Å². The molecule has 1 amide bonds. The lowest BCUT2D eigenvalue weighted by Crippen LogP contribution is -2.49. The molecule has 0 radical (unpaired) electrons. The SMILES string of the molecule is COC[C@H]1Cn2cc(-c3nc(C)ncc3C)nc2C(=O)N1Cc1ccc(F)c(F)c1. The van der Waals surface area contributed by atoms with E-state index in [1.807, 2.05) is 6.92 Å². The van der Waals surface area contributed by atoms with Gasteiger partial charge in [0.15, 0.2) is 17.5 Å². The molecule has 0 fully saturated rings. The molecule has 7 nitrogen and oxygen atoms in total. The van der Waals surface area contributed by atoms with E-state index in [-0.39, 0.29) is 24.3 Å². The van der Waals surface area contributed by atoms with E-state index in [4.69, 9.17) is 4.74 Å². The van der Waals surface area contributed by atoms with E-state index < -0.39 is 11.6 Å². The van der Waals surface area contributed by atoms with Gasteiger partial charge in [0.05, 0.1) is 18.3 Å². The van der Waals surface area contributed by atoms with Gasteiger partial charge in [-0.3, -0.25) is 4.79 Å². The third-order valence-electron chi connectivity index (χ3n) is 5.11. The van der Waals surface area contributed by atoms with Crippen LogP contribution in [0, 0.1) is 25.5 Å². The summed E-state index contributed by atoms with van der Waals surface area (Å²) in [6.45, 7) is 4.57. The lowest BCUT2D eigenvalue weighted by atomic mass is 10.1. The van der Waals surface area contributed by atoms with Crippen LogP contribution in [0.2, 0.25) is 0 Å². The lowest BCUT2D eigenvalue weighted by Gasteiger charge is -2.35. The Balaban J connectivity index is 1.69. The fraction of sp³-hybridized carbons (Fsp3) is 0.333. The van der Waals surface area contributed by atoms with Crippen LogP contribution < -0.4 is 0 Å². The van der Waals surface area contributed by atoms with Crippen molar-refractivity contribution < 1.29 is 18.3 Å². The van der Waals surface area contributed by atoms with Crippen LogP contribution >= 0.6 is 0 Å². The number of rotatable bonds is 5. The Morgan fingerprint density at radius 2 is 2.00 bits per heavy atom. The number of methoxy groups -OCH3 is 1. The van der Waals surface area contributed by atoms with Crippen LogP contribution in [0.15, 0.2) is 30.6 Å². The number of fused-ring (bicyclic) bond motifs is 1. The van der Waals surface area contributed by atoms with Gasteiger partial charge in [-0.2, -0.15) is 0 Å². The van der Waals surface area contributed by atoms with Crippen molar-refractivity contribution in [3.05, 3.63) is 65.0 Å². The van der Waals surface area contributed by atoms with Gasteiger partial charge < -0.3 is 14.2 Å². The van der Waals surface area contributed by atoms with Gasteiger partial charge in [0.1, 0.15) is 11.5 Å². The molecule has 30 heavy (non-hydrogen) atoms. The summed E-state index contributed by atoms with van der Waals surface area (Å²) in [5.74, 6) is -1.28. The largest absolute Gasteiger partial charge is 0.382 e. The van der Waals surface area contributed by atoms with Crippen molar-refractivity contribution in [2.45, 2.75) is 33.0 Å². The molecule has 1 atom stereocenters. The Morgan fingerprint density at radius 3 is 2.73 bits per heavy atom. The lowest BCUT2D eigenvalue weighted by molar-refractivity contribution is 0.0379. The Bertz CT molecular complexity index is 1110. The van der Waals surface area contributed by atoms with E-state index in [0.29, 0.717) is 35.9 Å². The molecule has 1 aromatic carbocycles. The summed E-state index contributed by atoms with van der Waals surface area (Å²) >= 11 is 0. The van der Waals surface area contributed by atoms with E-state index in [1.54, 1.807) is 35.9 Å². The van der Waals surface area contributed by atoms with E-state index in [1.165, 1.54) is 6.07 Å². The minimum Gasteiger partial charge on any atom is -0.382 e. The second-order valence-electron chi connectivity index (χ2n) is 7.34. The fourth-order valence-corrected chi connectivity index (χ4v) is 3.62. The van der Waals surface area contributed by atoms with Gasteiger partial charge in [-0.25, -0.2) is 23.7 Å². The van der Waals surface area contributed by atoms with E-state index in [2.05, 4.69) is 15.0 Å². The maximum Gasteiger partial charge on any atom is 0.290 e. The van der Waals surface area contributed by atoms with Crippen molar-refractivity contribution in [2.75, 3.05) is 13.7 Å². The molecule has 4 rings (SSSR count). The summed E-state index contributed by atoms with van der Waals surface area (Å²) in [7, 11) is 1.56. The summed E-state index contributed by atoms with van der Waals surface area (Å²) in [5, 5.41) is 0. The van der Waals surface area contributed by atoms with Crippen LogP contribution in [0.5, 0.6) is 0 Å². The first kappa shape index (κ1) is 20.1. The minimum absolute atomic E-state index is 0.123. The summed E-state index contributed by atoms with van der Waals surface area (Å²) in [6.07, 6.45) is 3.53. The van der Waals surface area contributed by atoms with Crippen molar-refractivity contribution in [1.82, 2.24) is 24.4 Å². The van der Waals surface area contributed by atoms with Crippen molar-refractivity contribution in [2.24, 2.45) is 0 Å². The Morgan fingerprint density at radius 1 is 1.20 bits per heavy atom. The number of imidazole rings is 1. The molecule has 0 N–H and O–H groups in total. The molecule has 0 saturated heterocycles. The zero-order valence-electron chi connectivity index (χ0n) is 16.9. The molecular weight excluding hydrogens is 392 g/mol. The average Bonchev–Trinajstić information content (AvgIpc) is 3.14. The topological polar surface area (TPSA) is 73.1 Å². The van der Waals surface area contributed by atoms with Crippen molar-refractivity contribution in [3.63, 3.8) is 0 Å². The Labute approximate surface area is 172 Å². The molecule has 156 valence electrons. The number of aromatic nitrogens is 4. The zero-order valence-corrected chi connectivity index (χ0v) is 16.9. The molecule has 0 aliphatic carbocycles. The predicted octanol–water partition coefficient (Wildman–Crippen LogP) is 2.91. The smallest absolute Gasteiger partial charge is 0.290 e. The van der Waals surface area contributed by atoms with Crippen molar-refractivity contribution in [3.8, 4) is 11.4 Å². The van der Waals surface area contributed by atoms with E-state index in [9.17, 15) is 13.6 Å². The van der Waals surface area contributed by atoms with Crippen LogP contribution in [0.1, 0.15) is 27.6 Å². The maximum atomic E-state index is 13.6. The average molecular weight is 413 g/mol. The third-order valence-corrected chi connectivity index (χ3v) is 5.11. The van der Waals surface area contributed by atoms with Crippen LogP contribution in [-0.2, 0) is 17.8 Å². The molecule has 0 unspecified atom stereocenters. The highest BCUT2D eigenvalue weighted by Crippen LogP contribution is 2.26. The van der Waals surface area contributed by atoms with Crippen molar-refractivity contribution >= 4 is 5.91 Å². The molecule has 2 aromatic heterocycles. The number of benzene rings is 1. The normalized spacial score (nSPS) is 16.1. The standard InChI is InChI=1S/C21H21F2N5O2/c1-12-7-24-13(2)25-19(12)18-10-27-9-15(11-30-3)28(21(29)20(27)26-18)8-14-4-5-16(22)17(23)6-14/h4-7,10,15H,8-9,11H2,1-3H3/t15-/m1/s1.